The van der Waals surface area contributed by atoms with Crippen molar-refractivity contribution < 1.29 is 0 Å². The lowest BCUT2D eigenvalue weighted by atomic mass is 10.2. The van der Waals surface area contributed by atoms with Crippen LogP contribution in [-0.2, 0) is 19.5 Å². The van der Waals surface area contributed by atoms with Crippen LogP contribution in [0, 0.1) is 6.92 Å². The third kappa shape index (κ3) is 2.69. The number of fused-ring (bicyclic) bond motifs is 1. The first-order chi connectivity index (χ1) is 9.24. The van der Waals surface area contributed by atoms with Crippen molar-refractivity contribution in [2.24, 2.45) is 0 Å². The summed E-state index contributed by atoms with van der Waals surface area (Å²) in [4.78, 5) is 5.67. The van der Waals surface area contributed by atoms with Gasteiger partial charge in [-0.25, -0.2) is 4.98 Å². The molecule has 0 aliphatic carbocycles. The molecule has 1 atom stereocenters. The quantitative estimate of drug-likeness (QED) is 0.931. The van der Waals surface area contributed by atoms with Crippen molar-refractivity contribution in [2.45, 2.75) is 52.2 Å². The van der Waals surface area contributed by atoms with E-state index < -0.39 is 0 Å². The molecule has 0 amide bonds. The first-order valence-corrected chi connectivity index (χ1v) is 7.62. The highest BCUT2D eigenvalue weighted by Gasteiger charge is 2.16. The molecule has 2 aromatic heterocycles. The van der Waals surface area contributed by atoms with Gasteiger partial charge in [0.05, 0.1) is 12.6 Å². The van der Waals surface area contributed by atoms with Crippen molar-refractivity contribution in [3.8, 4) is 0 Å². The zero-order valence-electron chi connectivity index (χ0n) is 11.4. The van der Waals surface area contributed by atoms with Crippen molar-refractivity contribution in [3.05, 3.63) is 27.7 Å². The molecular formula is C13H19N5S. The number of nitrogens with one attached hydrogen (secondary N) is 1. The maximum atomic E-state index is 4.42. The van der Waals surface area contributed by atoms with Gasteiger partial charge in [-0.15, -0.1) is 21.5 Å². The van der Waals surface area contributed by atoms with Gasteiger partial charge in [0.15, 0.2) is 0 Å². The minimum absolute atomic E-state index is 0.259. The molecule has 1 aliphatic heterocycles. The van der Waals surface area contributed by atoms with Gasteiger partial charge in [-0.05, 0) is 26.7 Å². The first kappa shape index (κ1) is 12.7. The Kier molecular flexibility index (Phi) is 3.61. The van der Waals surface area contributed by atoms with Gasteiger partial charge < -0.3 is 9.88 Å². The van der Waals surface area contributed by atoms with Gasteiger partial charge in [0.25, 0.3) is 0 Å². The Bertz CT molecular complexity index is 559. The molecule has 0 spiro atoms. The molecule has 102 valence electrons. The number of nitrogens with zero attached hydrogens (tertiary/aromatic N) is 4. The van der Waals surface area contributed by atoms with Crippen LogP contribution in [0.3, 0.4) is 0 Å². The Balaban J connectivity index is 1.64. The molecule has 0 saturated heterocycles. The zero-order valence-corrected chi connectivity index (χ0v) is 12.2. The minimum atomic E-state index is 0.259. The molecule has 1 aliphatic rings. The van der Waals surface area contributed by atoms with E-state index in [4.69, 9.17) is 0 Å². The lowest BCUT2D eigenvalue weighted by Gasteiger charge is -2.16. The molecule has 0 fully saturated rings. The molecule has 5 nitrogen and oxygen atoms in total. The Morgan fingerprint density at radius 2 is 2.32 bits per heavy atom. The second-order valence-electron chi connectivity index (χ2n) is 5.05. The highest BCUT2D eigenvalue weighted by atomic mass is 32.1. The molecule has 1 N–H and O–H groups in total. The predicted octanol–water partition coefficient (Wildman–Crippen LogP) is 2.23. The largest absolute Gasteiger partial charge is 0.314 e. The van der Waals surface area contributed by atoms with Crippen molar-refractivity contribution in [2.75, 3.05) is 0 Å². The van der Waals surface area contributed by atoms with Crippen LogP contribution in [0.25, 0.3) is 0 Å². The maximum Gasteiger partial charge on any atom is 0.147 e. The number of aryl methyl sites for hydroxylation is 2. The number of hydrogen-bond acceptors (Lipinski definition) is 5. The topological polar surface area (TPSA) is 55.6 Å². The Hall–Kier alpha value is -1.27. The highest BCUT2D eigenvalue weighted by molar-refractivity contribution is 7.11. The van der Waals surface area contributed by atoms with Gasteiger partial charge >= 0.3 is 0 Å². The SMILES string of the molecule is Cc1cnc(C(C)NCc2nnc3n2CCCC3)s1. The molecule has 1 unspecified atom stereocenters. The van der Waals surface area contributed by atoms with Crippen LogP contribution in [-0.4, -0.2) is 19.7 Å². The number of thiazole rings is 1. The van der Waals surface area contributed by atoms with E-state index >= 15 is 0 Å². The molecule has 6 heteroatoms. The smallest absolute Gasteiger partial charge is 0.147 e. The molecule has 0 saturated carbocycles. The van der Waals surface area contributed by atoms with Gasteiger partial charge in [-0.3, -0.25) is 0 Å². The second kappa shape index (κ2) is 5.38. The van der Waals surface area contributed by atoms with E-state index in [1.165, 1.54) is 17.7 Å². The lowest BCUT2D eigenvalue weighted by molar-refractivity contribution is 0.483. The van der Waals surface area contributed by atoms with E-state index in [-0.39, 0.29) is 6.04 Å². The Morgan fingerprint density at radius 1 is 1.42 bits per heavy atom. The average Bonchev–Trinajstić information content (AvgIpc) is 3.02. The third-order valence-corrected chi connectivity index (χ3v) is 4.61. The summed E-state index contributed by atoms with van der Waals surface area (Å²) >= 11 is 1.75. The molecule has 0 aromatic carbocycles. The average molecular weight is 277 g/mol. The summed E-state index contributed by atoms with van der Waals surface area (Å²) in [5.41, 5.74) is 0. The Morgan fingerprint density at radius 3 is 3.11 bits per heavy atom. The van der Waals surface area contributed by atoms with Crippen molar-refractivity contribution in [1.29, 1.82) is 0 Å². The summed E-state index contributed by atoms with van der Waals surface area (Å²) < 4.78 is 2.26. The summed E-state index contributed by atoms with van der Waals surface area (Å²) in [6, 6.07) is 0.259. The van der Waals surface area contributed by atoms with Crippen LogP contribution in [0.5, 0.6) is 0 Å². The molecule has 0 radical (unpaired) electrons. The summed E-state index contributed by atoms with van der Waals surface area (Å²) in [7, 11) is 0. The van der Waals surface area contributed by atoms with Crippen LogP contribution in [0.4, 0.5) is 0 Å². The fourth-order valence-corrected chi connectivity index (χ4v) is 3.20. The summed E-state index contributed by atoms with van der Waals surface area (Å²) in [6.07, 6.45) is 5.46. The van der Waals surface area contributed by atoms with Gasteiger partial charge in [0, 0.05) is 24.0 Å². The van der Waals surface area contributed by atoms with Crippen LogP contribution >= 0.6 is 11.3 Å². The van der Waals surface area contributed by atoms with Gasteiger partial charge in [-0.1, -0.05) is 0 Å². The minimum Gasteiger partial charge on any atom is -0.314 e. The Labute approximate surface area is 117 Å². The number of aromatic nitrogens is 4. The van der Waals surface area contributed by atoms with E-state index in [1.807, 2.05) is 6.20 Å². The van der Waals surface area contributed by atoms with E-state index in [0.717, 1.165) is 36.2 Å². The summed E-state index contributed by atoms with van der Waals surface area (Å²) in [5, 5.41) is 13.2. The number of rotatable bonds is 4. The fraction of sp³-hybridized carbons (Fsp3) is 0.615. The van der Waals surface area contributed by atoms with Crippen molar-refractivity contribution in [1.82, 2.24) is 25.1 Å². The van der Waals surface area contributed by atoms with Gasteiger partial charge in [0.1, 0.15) is 16.7 Å². The van der Waals surface area contributed by atoms with E-state index in [1.54, 1.807) is 11.3 Å². The fourth-order valence-electron chi connectivity index (χ4n) is 2.40. The monoisotopic (exact) mass is 277 g/mol. The van der Waals surface area contributed by atoms with Crippen LogP contribution in [0.2, 0.25) is 0 Å². The summed E-state index contributed by atoms with van der Waals surface area (Å²) in [6.45, 7) is 6.05. The van der Waals surface area contributed by atoms with Crippen LogP contribution < -0.4 is 5.32 Å². The zero-order chi connectivity index (χ0) is 13.2. The summed E-state index contributed by atoms with van der Waals surface area (Å²) in [5.74, 6) is 2.19. The van der Waals surface area contributed by atoms with Crippen LogP contribution in [0.15, 0.2) is 6.20 Å². The van der Waals surface area contributed by atoms with E-state index in [0.29, 0.717) is 0 Å². The highest BCUT2D eigenvalue weighted by Crippen LogP contribution is 2.20. The standard InChI is InChI=1S/C13H19N5S/c1-9-7-15-13(19-9)10(2)14-8-12-17-16-11-5-3-4-6-18(11)12/h7,10,14H,3-6,8H2,1-2H3. The third-order valence-electron chi connectivity index (χ3n) is 3.51. The van der Waals surface area contributed by atoms with Gasteiger partial charge in [-0.2, -0.15) is 0 Å². The molecule has 3 heterocycles. The molecule has 2 aromatic rings. The maximum absolute atomic E-state index is 4.42. The molecule has 3 rings (SSSR count). The molecule has 19 heavy (non-hydrogen) atoms. The van der Waals surface area contributed by atoms with E-state index in [9.17, 15) is 0 Å². The predicted molar refractivity (Wildman–Crippen MR) is 75.1 cm³/mol. The molecule has 0 bridgehead atoms. The first-order valence-electron chi connectivity index (χ1n) is 6.80. The van der Waals surface area contributed by atoms with Gasteiger partial charge in [0.2, 0.25) is 0 Å². The van der Waals surface area contributed by atoms with E-state index in [2.05, 4.69) is 38.9 Å². The molecular weight excluding hydrogens is 258 g/mol. The lowest BCUT2D eigenvalue weighted by Crippen LogP contribution is -2.22. The van der Waals surface area contributed by atoms with Crippen LogP contribution in [0.1, 0.15) is 47.3 Å². The normalized spacial score (nSPS) is 16.3. The second-order valence-corrected chi connectivity index (χ2v) is 6.32. The van der Waals surface area contributed by atoms with Crippen molar-refractivity contribution in [3.63, 3.8) is 0 Å². The number of hydrogen-bond donors (Lipinski definition) is 1. The van der Waals surface area contributed by atoms with Crippen molar-refractivity contribution >= 4 is 11.3 Å².